The van der Waals surface area contributed by atoms with Crippen LogP contribution in [0.15, 0.2) is 36.5 Å². The van der Waals surface area contributed by atoms with Crippen molar-refractivity contribution < 1.29 is 9.53 Å². The van der Waals surface area contributed by atoms with Crippen molar-refractivity contribution in [1.82, 2.24) is 0 Å². The lowest BCUT2D eigenvalue weighted by Gasteiger charge is -2.02. The number of ether oxygens (including phenoxy) is 1. The summed E-state index contributed by atoms with van der Waals surface area (Å²) >= 11 is 0. The molecule has 2 nitrogen and oxygen atoms in total. The molecule has 0 bridgehead atoms. The van der Waals surface area contributed by atoms with E-state index in [2.05, 4.69) is 13.2 Å². The van der Waals surface area contributed by atoms with Gasteiger partial charge in [0, 0.05) is 5.57 Å². The second-order valence-electron chi connectivity index (χ2n) is 2.61. The lowest BCUT2D eigenvalue weighted by Crippen LogP contribution is -2.06. The third kappa shape index (κ3) is 4.50. The second-order valence-corrected chi connectivity index (χ2v) is 2.61. The number of allylic oxidation sites excluding steroid dienone is 2. The molecule has 0 unspecified atom stereocenters. The predicted octanol–water partition coefficient (Wildman–Crippen LogP) is 2.24. The Kier molecular flexibility index (Phi) is 4.77. The summed E-state index contributed by atoms with van der Waals surface area (Å²) in [5.41, 5.74) is 1.38. The van der Waals surface area contributed by atoms with Gasteiger partial charge >= 0.3 is 5.97 Å². The Labute approximate surface area is 73.2 Å². The molecule has 0 saturated carbocycles. The summed E-state index contributed by atoms with van der Waals surface area (Å²) in [6.07, 6.45) is 3.45. The second kappa shape index (κ2) is 5.35. The molecular formula is C10H14O2. The van der Waals surface area contributed by atoms with Gasteiger partial charge in [0.25, 0.3) is 0 Å². The van der Waals surface area contributed by atoms with Crippen LogP contribution in [0.2, 0.25) is 0 Å². The van der Waals surface area contributed by atoms with Gasteiger partial charge in [-0.15, -0.1) is 0 Å². The first-order valence-electron chi connectivity index (χ1n) is 3.68. The Balaban J connectivity index is 3.84. The van der Waals surface area contributed by atoms with Crippen molar-refractivity contribution >= 4 is 5.97 Å². The Morgan fingerprint density at radius 3 is 2.50 bits per heavy atom. The molecule has 0 spiro atoms. The average molecular weight is 166 g/mol. The molecular weight excluding hydrogens is 152 g/mol. The van der Waals surface area contributed by atoms with Gasteiger partial charge in [0.15, 0.2) is 0 Å². The maximum Gasteiger partial charge on any atom is 0.333 e. The predicted molar refractivity (Wildman–Crippen MR) is 49.7 cm³/mol. The largest absolute Gasteiger partial charge is 0.458 e. The minimum Gasteiger partial charge on any atom is -0.458 e. The fourth-order valence-corrected chi connectivity index (χ4v) is 0.552. The highest BCUT2D eigenvalue weighted by molar-refractivity contribution is 5.87. The molecule has 2 heteroatoms. The van der Waals surface area contributed by atoms with Crippen LogP contribution in [-0.4, -0.2) is 12.6 Å². The monoisotopic (exact) mass is 166 g/mol. The highest BCUT2D eigenvalue weighted by Gasteiger charge is 2.01. The van der Waals surface area contributed by atoms with Crippen LogP contribution in [-0.2, 0) is 9.53 Å². The Hall–Kier alpha value is -1.31. The van der Waals surface area contributed by atoms with Gasteiger partial charge in [0.1, 0.15) is 6.61 Å². The van der Waals surface area contributed by atoms with Crippen LogP contribution >= 0.6 is 0 Å². The van der Waals surface area contributed by atoms with Gasteiger partial charge < -0.3 is 4.74 Å². The summed E-state index contributed by atoms with van der Waals surface area (Å²) in [4.78, 5) is 10.9. The van der Waals surface area contributed by atoms with Gasteiger partial charge in [0.05, 0.1) is 0 Å². The molecule has 0 aromatic heterocycles. The molecule has 0 aliphatic rings. The maximum absolute atomic E-state index is 10.9. The van der Waals surface area contributed by atoms with Crippen molar-refractivity contribution in [1.29, 1.82) is 0 Å². The molecule has 0 N–H and O–H groups in total. The first-order chi connectivity index (χ1) is 5.57. The number of carbonyl (C=O) groups excluding carboxylic acids is 1. The molecule has 0 aromatic carbocycles. The number of hydrogen-bond donors (Lipinski definition) is 0. The van der Waals surface area contributed by atoms with Crippen LogP contribution in [0.5, 0.6) is 0 Å². The normalized spacial score (nSPS) is 10.7. The van der Waals surface area contributed by atoms with E-state index in [1.54, 1.807) is 19.1 Å². The van der Waals surface area contributed by atoms with E-state index in [0.29, 0.717) is 12.2 Å². The highest BCUT2D eigenvalue weighted by Crippen LogP contribution is 1.97. The van der Waals surface area contributed by atoms with E-state index < -0.39 is 0 Å². The minimum atomic E-state index is -0.355. The van der Waals surface area contributed by atoms with Gasteiger partial charge in [-0.3, -0.25) is 0 Å². The van der Waals surface area contributed by atoms with Gasteiger partial charge in [-0.05, 0) is 19.4 Å². The van der Waals surface area contributed by atoms with Crippen LogP contribution in [0.25, 0.3) is 0 Å². The minimum absolute atomic E-state index is 0.303. The van der Waals surface area contributed by atoms with E-state index in [1.807, 2.05) is 6.92 Å². The zero-order valence-corrected chi connectivity index (χ0v) is 7.59. The topological polar surface area (TPSA) is 26.3 Å². The number of hydrogen-bond acceptors (Lipinski definition) is 2. The molecule has 0 atom stereocenters. The molecule has 0 radical (unpaired) electrons. The van der Waals surface area contributed by atoms with Gasteiger partial charge in [-0.2, -0.15) is 0 Å². The van der Waals surface area contributed by atoms with Gasteiger partial charge in [0.2, 0.25) is 0 Å². The molecule has 0 aromatic rings. The van der Waals surface area contributed by atoms with Crippen molar-refractivity contribution in [3.63, 3.8) is 0 Å². The lowest BCUT2D eigenvalue weighted by atomic mass is 10.3. The summed E-state index contributed by atoms with van der Waals surface area (Å²) in [6, 6.07) is 0. The van der Waals surface area contributed by atoms with Crippen molar-refractivity contribution in [2.24, 2.45) is 0 Å². The lowest BCUT2D eigenvalue weighted by molar-refractivity contribution is -0.137. The number of carbonyl (C=O) groups is 1. The zero-order valence-electron chi connectivity index (χ0n) is 7.59. The highest BCUT2D eigenvalue weighted by atomic mass is 16.5. The van der Waals surface area contributed by atoms with E-state index in [9.17, 15) is 4.79 Å². The van der Waals surface area contributed by atoms with Crippen molar-refractivity contribution in [2.45, 2.75) is 13.8 Å². The van der Waals surface area contributed by atoms with Crippen molar-refractivity contribution in [3.05, 3.63) is 36.5 Å². The molecule has 0 aliphatic heterocycles. The van der Waals surface area contributed by atoms with E-state index in [0.717, 1.165) is 5.57 Å². The smallest absolute Gasteiger partial charge is 0.333 e. The molecule has 12 heavy (non-hydrogen) atoms. The standard InChI is InChI=1S/C10H14O2/c1-5-6-9(4)7-12-10(11)8(2)3/h5-6H,1-2,7H2,3-4H3/b9-6+. The van der Waals surface area contributed by atoms with Crippen molar-refractivity contribution in [2.75, 3.05) is 6.61 Å². The quantitative estimate of drug-likeness (QED) is 0.363. The number of esters is 1. The summed E-state index contributed by atoms with van der Waals surface area (Å²) in [5, 5.41) is 0. The molecule has 0 saturated heterocycles. The van der Waals surface area contributed by atoms with Crippen LogP contribution in [0.4, 0.5) is 0 Å². The number of rotatable bonds is 4. The SMILES string of the molecule is C=C/C=C(\C)COC(=O)C(=C)C. The van der Waals surface area contributed by atoms with Crippen LogP contribution < -0.4 is 0 Å². The molecule has 0 rings (SSSR count). The molecule has 66 valence electrons. The first-order valence-corrected chi connectivity index (χ1v) is 3.68. The molecule has 0 amide bonds. The van der Waals surface area contributed by atoms with Crippen LogP contribution in [0, 0.1) is 0 Å². The average Bonchev–Trinajstić information content (AvgIpc) is 2.00. The third-order valence-electron chi connectivity index (χ3n) is 1.18. The van der Waals surface area contributed by atoms with Gasteiger partial charge in [-0.25, -0.2) is 4.79 Å². The summed E-state index contributed by atoms with van der Waals surface area (Å²) in [6.45, 7) is 10.8. The Bertz CT molecular complexity index is 222. The molecule has 0 aliphatic carbocycles. The summed E-state index contributed by atoms with van der Waals surface area (Å²) in [5.74, 6) is -0.355. The summed E-state index contributed by atoms with van der Waals surface area (Å²) in [7, 11) is 0. The fraction of sp³-hybridized carbons (Fsp3) is 0.300. The van der Waals surface area contributed by atoms with E-state index in [4.69, 9.17) is 4.74 Å². The molecule has 0 heterocycles. The maximum atomic E-state index is 10.9. The first kappa shape index (κ1) is 10.7. The van der Waals surface area contributed by atoms with E-state index >= 15 is 0 Å². The Morgan fingerprint density at radius 1 is 1.50 bits per heavy atom. The zero-order chi connectivity index (χ0) is 9.56. The summed E-state index contributed by atoms with van der Waals surface area (Å²) < 4.78 is 4.86. The third-order valence-corrected chi connectivity index (χ3v) is 1.18. The van der Waals surface area contributed by atoms with Crippen LogP contribution in [0.3, 0.4) is 0 Å². The van der Waals surface area contributed by atoms with Crippen molar-refractivity contribution in [3.8, 4) is 0 Å². The van der Waals surface area contributed by atoms with E-state index in [1.165, 1.54) is 0 Å². The molecule has 0 fully saturated rings. The Morgan fingerprint density at radius 2 is 2.08 bits per heavy atom. The van der Waals surface area contributed by atoms with E-state index in [-0.39, 0.29) is 5.97 Å². The fourth-order valence-electron chi connectivity index (χ4n) is 0.552. The van der Waals surface area contributed by atoms with Gasteiger partial charge in [-0.1, -0.05) is 25.3 Å². The van der Waals surface area contributed by atoms with Crippen LogP contribution in [0.1, 0.15) is 13.8 Å².